The third kappa shape index (κ3) is 2.22. The summed E-state index contributed by atoms with van der Waals surface area (Å²) in [6.45, 7) is 7.93. The first-order valence-corrected chi connectivity index (χ1v) is 6.81. The Kier molecular flexibility index (Phi) is 2.98. The molecule has 0 radical (unpaired) electrons. The second-order valence-corrected chi connectivity index (χ2v) is 7.45. The molecule has 1 nitrogen and oxygen atoms in total. The highest BCUT2D eigenvalue weighted by Gasteiger charge is 2.21. The Labute approximate surface area is 80.5 Å². The van der Waals surface area contributed by atoms with Crippen LogP contribution in [0.15, 0.2) is 24.3 Å². The van der Waals surface area contributed by atoms with Gasteiger partial charge in [0.1, 0.15) is 7.14 Å². The zero-order valence-electron chi connectivity index (χ0n) is 8.74. The largest absolute Gasteiger partial charge is 0.319 e. The van der Waals surface area contributed by atoms with Crippen LogP contribution in [0.5, 0.6) is 0 Å². The van der Waals surface area contributed by atoms with Crippen LogP contribution in [0.2, 0.25) is 0 Å². The second kappa shape index (κ2) is 3.67. The average Bonchev–Trinajstić information content (AvgIpc) is 2.04. The summed E-state index contributed by atoms with van der Waals surface area (Å²) >= 11 is 0. The number of aryl methyl sites for hydroxylation is 1. The molecule has 0 saturated carbocycles. The Hall–Kier alpha value is -0.550. The van der Waals surface area contributed by atoms with Crippen LogP contribution in [-0.4, -0.2) is 12.3 Å². The molecule has 0 aliphatic carbocycles. The van der Waals surface area contributed by atoms with Gasteiger partial charge in [-0.25, -0.2) is 0 Å². The van der Waals surface area contributed by atoms with Crippen molar-refractivity contribution in [3.05, 3.63) is 29.8 Å². The summed E-state index contributed by atoms with van der Waals surface area (Å²) in [6, 6.07) is 8.01. The van der Waals surface area contributed by atoms with Crippen molar-refractivity contribution >= 4 is 12.4 Å². The van der Waals surface area contributed by atoms with E-state index in [1.54, 1.807) is 0 Å². The number of hydrogen-bond donors (Lipinski definition) is 0. The SMILES string of the molecule is Cc1ccc(P(C)(=O)C(C)C)cc1. The molecule has 72 valence electrons. The van der Waals surface area contributed by atoms with Crippen LogP contribution >= 0.6 is 7.14 Å². The molecule has 1 aromatic carbocycles. The zero-order chi connectivity index (χ0) is 10.1. The predicted molar refractivity (Wildman–Crippen MR) is 59.5 cm³/mol. The van der Waals surface area contributed by atoms with Crippen LogP contribution in [0, 0.1) is 6.92 Å². The third-order valence-corrected chi connectivity index (χ3v) is 5.83. The second-order valence-electron chi connectivity index (χ2n) is 3.92. The first kappa shape index (κ1) is 10.5. The third-order valence-electron chi connectivity index (χ3n) is 2.53. The molecule has 0 spiro atoms. The zero-order valence-corrected chi connectivity index (χ0v) is 9.64. The summed E-state index contributed by atoms with van der Waals surface area (Å²) in [5, 5.41) is 0.994. The molecule has 0 aliphatic rings. The summed E-state index contributed by atoms with van der Waals surface area (Å²) in [6.07, 6.45) is 0. The molecule has 13 heavy (non-hydrogen) atoms. The van der Waals surface area contributed by atoms with E-state index in [2.05, 4.69) is 0 Å². The first-order chi connectivity index (χ1) is 5.94. The van der Waals surface area contributed by atoms with Crippen molar-refractivity contribution in [2.75, 3.05) is 6.66 Å². The molecule has 2 heteroatoms. The van der Waals surface area contributed by atoms with Gasteiger partial charge in [-0.3, -0.25) is 0 Å². The summed E-state index contributed by atoms with van der Waals surface area (Å²) < 4.78 is 12.2. The van der Waals surface area contributed by atoms with Crippen LogP contribution in [0.1, 0.15) is 19.4 Å². The summed E-state index contributed by atoms with van der Waals surface area (Å²) in [5.41, 5.74) is 1.45. The number of rotatable bonds is 2. The van der Waals surface area contributed by atoms with Gasteiger partial charge in [-0.05, 0) is 13.6 Å². The first-order valence-electron chi connectivity index (χ1n) is 4.59. The molecule has 1 unspecified atom stereocenters. The van der Waals surface area contributed by atoms with Gasteiger partial charge in [-0.1, -0.05) is 43.7 Å². The minimum atomic E-state index is -2.14. The quantitative estimate of drug-likeness (QED) is 0.664. The molecule has 0 aromatic heterocycles. The molecule has 0 bridgehead atoms. The lowest BCUT2D eigenvalue weighted by molar-refractivity contribution is 0.579. The lowest BCUT2D eigenvalue weighted by Crippen LogP contribution is -2.10. The molecule has 0 heterocycles. The van der Waals surface area contributed by atoms with Crippen LogP contribution in [0.4, 0.5) is 0 Å². The van der Waals surface area contributed by atoms with E-state index >= 15 is 0 Å². The number of benzene rings is 1. The van der Waals surface area contributed by atoms with Gasteiger partial charge in [0.25, 0.3) is 0 Å². The van der Waals surface area contributed by atoms with Crippen molar-refractivity contribution in [1.29, 1.82) is 0 Å². The van der Waals surface area contributed by atoms with Gasteiger partial charge in [0, 0.05) is 11.0 Å². The minimum absolute atomic E-state index is 0.232. The molecule has 0 fully saturated rings. The van der Waals surface area contributed by atoms with Gasteiger partial charge < -0.3 is 4.57 Å². The average molecular weight is 196 g/mol. The smallest absolute Gasteiger partial charge is 0.115 e. The molecule has 0 N–H and O–H groups in total. The van der Waals surface area contributed by atoms with E-state index < -0.39 is 7.14 Å². The van der Waals surface area contributed by atoms with Gasteiger partial charge in [0.15, 0.2) is 0 Å². The van der Waals surface area contributed by atoms with E-state index in [4.69, 9.17) is 0 Å². The Morgan fingerprint density at radius 3 is 2.00 bits per heavy atom. The molecule has 0 aliphatic heterocycles. The summed E-state index contributed by atoms with van der Waals surface area (Å²) in [4.78, 5) is 0. The van der Waals surface area contributed by atoms with Gasteiger partial charge >= 0.3 is 0 Å². The summed E-state index contributed by atoms with van der Waals surface area (Å²) in [7, 11) is -2.14. The van der Waals surface area contributed by atoms with E-state index in [1.807, 2.05) is 51.7 Å². The van der Waals surface area contributed by atoms with E-state index in [0.717, 1.165) is 5.30 Å². The van der Waals surface area contributed by atoms with Crippen molar-refractivity contribution in [3.63, 3.8) is 0 Å². The van der Waals surface area contributed by atoms with E-state index in [9.17, 15) is 4.57 Å². The predicted octanol–water partition coefficient (Wildman–Crippen LogP) is 3.02. The van der Waals surface area contributed by atoms with E-state index in [-0.39, 0.29) is 5.66 Å². The van der Waals surface area contributed by atoms with Crippen LogP contribution in [0.25, 0.3) is 0 Å². The Morgan fingerprint density at radius 2 is 1.62 bits per heavy atom. The Balaban J connectivity index is 3.09. The van der Waals surface area contributed by atoms with Crippen molar-refractivity contribution in [3.8, 4) is 0 Å². The molecule has 0 amide bonds. The fraction of sp³-hybridized carbons (Fsp3) is 0.455. The van der Waals surface area contributed by atoms with Crippen molar-refractivity contribution in [2.45, 2.75) is 26.4 Å². The normalized spacial score (nSPS) is 15.8. The topological polar surface area (TPSA) is 17.1 Å². The van der Waals surface area contributed by atoms with Gasteiger partial charge in [0.05, 0.1) is 0 Å². The maximum atomic E-state index is 12.2. The molecule has 1 atom stereocenters. The molecule has 1 aromatic rings. The lowest BCUT2D eigenvalue weighted by atomic mass is 10.2. The highest BCUT2D eigenvalue weighted by molar-refractivity contribution is 7.71. The van der Waals surface area contributed by atoms with Gasteiger partial charge in [-0.15, -0.1) is 0 Å². The fourth-order valence-corrected chi connectivity index (χ4v) is 2.48. The van der Waals surface area contributed by atoms with Crippen molar-refractivity contribution < 1.29 is 4.57 Å². The lowest BCUT2D eigenvalue weighted by Gasteiger charge is -2.17. The van der Waals surface area contributed by atoms with E-state index in [0.29, 0.717) is 0 Å². The van der Waals surface area contributed by atoms with Crippen LogP contribution < -0.4 is 5.30 Å². The fourth-order valence-electron chi connectivity index (χ4n) is 1.14. The maximum absolute atomic E-state index is 12.2. The van der Waals surface area contributed by atoms with E-state index in [1.165, 1.54) is 5.56 Å². The van der Waals surface area contributed by atoms with Crippen molar-refractivity contribution in [1.82, 2.24) is 0 Å². The number of hydrogen-bond acceptors (Lipinski definition) is 1. The molecular formula is C11H17OP. The van der Waals surface area contributed by atoms with Crippen molar-refractivity contribution in [2.24, 2.45) is 0 Å². The Morgan fingerprint density at radius 1 is 1.15 bits per heavy atom. The maximum Gasteiger partial charge on any atom is 0.115 e. The van der Waals surface area contributed by atoms with Gasteiger partial charge in [-0.2, -0.15) is 0 Å². The molecular weight excluding hydrogens is 179 g/mol. The summed E-state index contributed by atoms with van der Waals surface area (Å²) in [5.74, 6) is 0. The molecule has 1 rings (SSSR count). The monoisotopic (exact) mass is 196 g/mol. The van der Waals surface area contributed by atoms with Gasteiger partial charge in [0.2, 0.25) is 0 Å². The van der Waals surface area contributed by atoms with Crippen LogP contribution in [0.3, 0.4) is 0 Å². The minimum Gasteiger partial charge on any atom is -0.319 e. The highest BCUT2D eigenvalue weighted by atomic mass is 31.2. The van der Waals surface area contributed by atoms with Crippen LogP contribution in [-0.2, 0) is 4.57 Å². The molecule has 0 saturated heterocycles. The standard InChI is InChI=1S/C11H17OP/c1-9(2)13(4,12)11-7-5-10(3)6-8-11/h5-9H,1-4H3. The highest BCUT2D eigenvalue weighted by Crippen LogP contribution is 2.44. The Bertz CT molecular complexity index is 324.